The fraction of sp³-hybridized carbons (Fsp3) is 0.429. The van der Waals surface area contributed by atoms with Crippen LogP contribution in [0.15, 0.2) is 42.6 Å². The first-order valence-corrected chi connectivity index (χ1v) is 9.77. The highest BCUT2D eigenvalue weighted by molar-refractivity contribution is 6.30. The molecule has 1 aliphatic rings. The van der Waals surface area contributed by atoms with E-state index in [-0.39, 0.29) is 11.8 Å². The molecular formula is C21H22ClF3N2O. The van der Waals surface area contributed by atoms with E-state index in [1.54, 1.807) is 30.3 Å². The number of benzene rings is 1. The second-order valence-corrected chi connectivity index (χ2v) is 7.68. The van der Waals surface area contributed by atoms with Gasteiger partial charge in [-0.15, -0.1) is 0 Å². The summed E-state index contributed by atoms with van der Waals surface area (Å²) < 4.78 is 38.5. The van der Waals surface area contributed by atoms with Gasteiger partial charge in [-0.05, 0) is 85.9 Å². The maximum atomic E-state index is 12.8. The van der Waals surface area contributed by atoms with Gasteiger partial charge in [-0.2, -0.15) is 13.2 Å². The summed E-state index contributed by atoms with van der Waals surface area (Å²) in [6, 6.07) is 9.60. The number of halogens is 4. The molecule has 0 unspecified atom stereocenters. The van der Waals surface area contributed by atoms with Gasteiger partial charge in [0.2, 0.25) is 0 Å². The van der Waals surface area contributed by atoms with E-state index in [0.717, 1.165) is 37.7 Å². The Morgan fingerprint density at radius 1 is 1.11 bits per heavy atom. The van der Waals surface area contributed by atoms with E-state index in [1.807, 2.05) is 0 Å². The molecule has 0 bridgehead atoms. The largest absolute Gasteiger partial charge is 0.433 e. The molecule has 0 radical (unpaired) electrons. The Morgan fingerprint density at radius 3 is 2.43 bits per heavy atom. The average Bonchev–Trinajstić information content (AvgIpc) is 2.68. The van der Waals surface area contributed by atoms with Crippen molar-refractivity contribution in [1.82, 2.24) is 10.3 Å². The number of carbonyl (C=O) groups excluding carboxylic acids is 1. The second kappa shape index (κ2) is 8.95. The summed E-state index contributed by atoms with van der Waals surface area (Å²) in [5, 5.41) is 3.51. The highest BCUT2D eigenvalue weighted by Crippen LogP contribution is 2.38. The molecule has 3 rings (SSSR count). The smallest absolute Gasteiger partial charge is 0.352 e. The number of nitrogens with one attached hydrogen (secondary N) is 1. The normalized spacial score (nSPS) is 20.0. The molecule has 28 heavy (non-hydrogen) atoms. The number of pyridine rings is 1. The molecule has 1 N–H and O–H groups in total. The van der Waals surface area contributed by atoms with Crippen molar-refractivity contribution >= 4 is 17.5 Å². The van der Waals surface area contributed by atoms with E-state index in [0.29, 0.717) is 23.0 Å². The van der Waals surface area contributed by atoms with Crippen LogP contribution in [0.5, 0.6) is 0 Å². The molecule has 1 amide bonds. The van der Waals surface area contributed by atoms with Gasteiger partial charge in [0.15, 0.2) is 0 Å². The van der Waals surface area contributed by atoms with Crippen LogP contribution in [0.2, 0.25) is 5.02 Å². The predicted octanol–water partition coefficient (Wildman–Crippen LogP) is 5.85. The number of aromatic nitrogens is 1. The van der Waals surface area contributed by atoms with Crippen molar-refractivity contribution in [3.63, 3.8) is 0 Å². The maximum absolute atomic E-state index is 12.8. The highest BCUT2D eigenvalue weighted by atomic mass is 35.5. The van der Waals surface area contributed by atoms with Crippen molar-refractivity contribution in [1.29, 1.82) is 0 Å². The quantitative estimate of drug-likeness (QED) is 0.672. The Bertz CT molecular complexity index is 800. The van der Waals surface area contributed by atoms with Crippen LogP contribution >= 0.6 is 11.6 Å². The summed E-state index contributed by atoms with van der Waals surface area (Å²) in [7, 11) is 0. The minimum atomic E-state index is -4.41. The Balaban J connectivity index is 1.44. The van der Waals surface area contributed by atoms with Crippen LogP contribution in [0.25, 0.3) is 0 Å². The van der Waals surface area contributed by atoms with Gasteiger partial charge < -0.3 is 5.32 Å². The standard InChI is InChI=1S/C21H22ClF3N2O/c22-18-7-5-16(6-8-18)20(28)27-11-9-14-1-3-15(4-2-14)17-10-12-26-19(13-17)21(23,24)25/h5-8,10,12-15H,1-4,9,11H2,(H,27,28). The minimum absolute atomic E-state index is 0.123. The second-order valence-electron chi connectivity index (χ2n) is 7.24. The lowest BCUT2D eigenvalue weighted by Gasteiger charge is -2.29. The summed E-state index contributed by atoms with van der Waals surface area (Å²) in [6.07, 6.45) is 1.33. The van der Waals surface area contributed by atoms with Crippen LogP contribution in [0.3, 0.4) is 0 Å². The third-order valence-electron chi connectivity index (χ3n) is 5.34. The van der Waals surface area contributed by atoms with Gasteiger partial charge in [0.25, 0.3) is 5.91 Å². The fourth-order valence-electron chi connectivity index (χ4n) is 3.73. The number of hydrogen-bond donors (Lipinski definition) is 1. The van der Waals surface area contributed by atoms with Crippen molar-refractivity contribution in [3.05, 3.63) is 64.4 Å². The first kappa shape index (κ1) is 20.6. The van der Waals surface area contributed by atoms with Crippen molar-refractivity contribution in [3.8, 4) is 0 Å². The average molecular weight is 411 g/mol. The van der Waals surface area contributed by atoms with Crippen molar-refractivity contribution in [2.45, 2.75) is 44.2 Å². The molecule has 1 fully saturated rings. The van der Waals surface area contributed by atoms with Gasteiger partial charge in [-0.3, -0.25) is 9.78 Å². The summed E-state index contributed by atoms with van der Waals surface area (Å²) in [5.41, 5.74) is 0.472. The molecule has 3 nitrogen and oxygen atoms in total. The first-order chi connectivity index (χ1) is 13.3. The zero-order chi connectivity index (χ0) is 20.1. The third kappa shape index (κ3) is 5.47. The van der Waals surface area contributed by atoms with Gasteiger partial charge in [0.1, 0.15) is 5.69 Å². The molecule has 1 aliphatic carbocycles. The van der Waals surface area contributed by atoms with Crippen molar-refractivity contribution in [2.75, 3.05) is 6.54 Å². The summed E-state index contributed by atoms with van der Waals surface area (Å²) in [4.78, 5) is 15.5. The molecule has 1 aromatic carbocycles. The summed E-state index contributed by atoms with van der Waals surface area (Å²) in [6.45, 7) is 0.588. The van der Waals surface area contributed by atoms with Crippen LogP contribution in [0.4, 0.5) is 13.2 Å². The van der Waals surface area contributed by atoms with Gasteiger partial charge >= 0.3 is 6.18 Å². The first-order valence-electron chi connectivity index (χ1n) is 9.40. The number of amides is 1. The molecule has 1 heterocycles. The number of nitrogens with zero attached hydrogens (tertiary/aromatic N) is 1. The zero-order valence-electron chi connectivity index (χ0n) is 15.3. The molecule has 2 aromatic rings. The molecule has 0 atom stereocenters. The lowest BCUT2D eigenvalue weighted by atomic mass is 9.77. The van der Waals surface area contributed by atoms with E-state index in [1.165, 1.54) is 12.3 Å². The van der Waals surface area contributed by atoms with E-state index >= 15 is 0 Å². The highest BCUT2D eigenvalue weighted by Gasteiger charge is 2.33. The zero-order valence-corrected chi connectivity index (χ0v) is 16.1. The number of rotatable bonds is 5. The molecule has 0 spiro atoms. The number of hydrogen-bond acceptors (Lipinski definition) is 2. The Kier molecular flexibility index (Phi) is 6.60. The molecule has 0 saturated heterocycles. The SMILES string of the molecule is O=C(NCCC1CCC(c2ccnc(C(F)(F)F)c2)CC1)c1ccc(Cl)cc1. The van der Waals surface area contributed by atoms with Gasteiger partial charge in [-0.25, -0.2) is 0 Å². The van der Waals surface area contributed by atoms with Crippen molar-refractivity contribution in [2.24, 2.45) is 5.92 Å². The molecule has 150 valence electrons. The van der Waals surface area contributed by atoms with Crippen LogP contribution < -0.4 is 5.32 Å². The van der Waals surface area contributed by atoms with Crippen LogP contribution in [0, 0.1) is 5.92 Å². The van der Waals surface area contributed by atoms with Crippen molar-refractivity contribution < 1.29 is 18.0 Å². The van der Waals surface area contributed by atoms with E-state index < -0.39 is 11.9 Å². The lowest BCUT2D eigenvalue weighted by Crippen LogP contribution is -2.26. The van der Waals surface area contributed by atoms with Crippen LogP contribution in [-0.4, -0.2) is 17.4 Å². The number of alkyl halides is 3. The van der Waals surface area contributed by atoms with Gasteiger partial charge in [-0.1, -0.05) is 11.6 Å². The predicted molar refractivity (Wildman–Crippen MR) is 102 cm³/mol. The lowest BCUT2D eigenvalue weighted by molar-refractivity contribution is -0.141. The van der Waals surface area contributed by atoms with E-state index in [4.69, 9.17) is 11.6 Å². The Morgan fingerprint density at radius 2 is 1.79 bits per heavy atom. The number of carbonyl (C=O) groups is 1. The van der Waals surface area contributed by atoms with E-state index in [2.05, 4.69) is 10.3 Å². The maximum Gasteiger partial charge on any atom is 0.433 e. The molecule has 7 heteroatoms. The summed E-state index contributed by atoms with van der Waals surface area (Å²) in [5.74, 6) is 0.497. The Hall–Kier alpha value is -2.08. The van der Waals surface area contributed by atoms with Crippen LogP contribution in [-0.2, 0) is 6.18 Å². The summed E-state index contributed by atoms with van der Waals surface area (Å²) >= 11 is 5.82. The minimum Gasteiger partial charge on any atom is -0.352 e. The van der Waals surface area contributed by atoms with Gasteiger partial charge in [0, 0.05) is 23.3 Å². The van der Waals surface area contributed by atoms with E-state index in [9.17, 15) is 18.0 Å². The topological polar surface area (TPSA) is 42.0 Å². The molecular weight excluding hydrogens is 389 g/mol. The monoisotopic (exact) mass is 410 g/mol. The third-order valence-corrected chi connectivity index (χ3v) is 5.59. The van der Waals surface area contributed by atoms with Crippen LogP contribution in [0.1, 0.15) is 59.6 Å². The fourth-order valence-corrected chi connectivity index (χ4v) is 3.86. The van der Waals surface area contributed by atoms with Gasteiger partial charge in [0.05, 0.1) is 0 Å². The molecule has 1 saturated carbocycles. The Labute approximate surface area is 167 Å². The molecule has 0 aliphatic heterocycles. The molecule has 1 aromatic heterocycles.